The third-order valence-electron chi connectivity index (χ3n) is 7.25. The zero-order valence-electron chi connectivity index (χ0n) is 25.0. The topological polar surface area (TPSA) is 329 Å². The fraction of sp³-hybridized carbons (Fsp3) is 0.400. The highest BCUT2D eigenvalue weighted by Crippen LogP contribution is 2.17. The van der Waals surface area contributed by atoms with Gasteiger partial charge in [-0.25, -0.2) is 9.59 Å². The molecule has 4 heterocycles. The summed E-state index contributed by atoms with van der Waals surface area (Å²) < 4.78 is 2.32. The Morgan fingerprint density at radius 1 is 0.957 bits per heavy atom. The molecule has 21 heteroatoms. The van der Waals surface area contributed by atoms with Gasteiger partial charge in [0.25, 0.3) is 11.1 Å². The number of carboxylic acids is 1. The summed E-state index contributed by atoms with van der Waals surface area (Å²) in [6.07, 6.45) is 0.371. The molecule has 0 amide bonds. The lowest BCUT2D eigenvalue weighted by atomic mass is 10.1. The number of nitrogens with one attached hydrogen (secondary N) is 4. The SMILES string of the molecule is CNc1cc2c(c(N)nc(=O)n2CCN(CCn2c(=O)nc(N)c3c(=O)[nH]c(NC)nc32)[C@@H](CCCN=C(N)N)C(=O)O)c(=O)[nH]1. The van der Waals surface area contributed by atoms with Gasteiger partial charge in [0.05, 0.1) is 5.52 Å². The smallest absolute Gasteiger partial charge is 0.351 e. The molecule has 46 heavy (non-hydrogen) atoms. The Labute approximate surface area is 258 Å². The van der Waals surface area contributed by atoms with Crippen LogP contribution in [-0.2, 0) is 17.9 Å². The van der Waals surface area contributed by atoms with E-state index in [4.69, 9.17) is 22.9 Å². The molecule has 1 atom stereocenters. The van der Waals surface area contributed by atoms with Gasteiger partial charge in [-0.15, -0.1) is 0 Å². The summed E-state index contributed by atoms with van der Waals surface area (Å²) in [5, 5.41) is 15.6. The molecule has 21 nitrogen and oxygen atoms in total. The maximum atomic E-state index is 13.0. The number of aliphatic carboxylic acids is 1. The van der Waals surface area contributed by atoms with Gasteiger partial charge in [-0.3, -0.25) is 38.4 Å². The van der Waals surface area contributed by atoms with Crippen LogP contribution in [0.5, 0.6) is 0 Å². The summed E-state index contributed by atoms with van der Waals surface area (Å²) in [4.78, 5) is 86.3. The molecular formula is C25H35N15O6. The highest BCUT2D eigenvalue weighted by atomic mass is 16.4. The third kappa shape index (κ3) is 6.88. The molecule has 13 N–H and O–H groups in total. The molecule has 0 aliphatic carbocycles. The number of nitrogens with zero attached hydrogens (tertiary/aromatic N) is 7. The number of hydrogen-bond acceptors (Lipinski definition) is 14. The van der Waals surface area contributed by atoms with E-state index in [1.54, 1.807) is 7.05 Å². The number of carbonyl (C=O) groups is 1. The maximum absolute atomic E-state index is 13.0. The summed E-state index contributed by atoms with van der Waals surface area (Å²) in [5.41, 5.74) is 19.9. The Morgan fingerprint density at radius 2 is 1.57 bits per heavy atom. The molecule has 0 fully saturated rings. The van der Waals surface area contributed by atoms with Crippen LogP contribution in [0.4, 0.5) is 23.4 Å². The lowest BCUT2D eigenvalue weighted by Crippen LogP contribution is -2.46. The van der Waals surface area contributed by atoms with E-state index < -0.39 is 34.5 Å². The van der Waals surface area contributed by atoms with E-state index >= 15 is 0 Å². The Balaban J connectivity index is 1.76. The number of guanidine groups is 1. The van der Waals surface area contributed by atoms with Crippen molar-refractivity contribution in [3.8, 4) is 0 Å². The van der Waals surface area contributed by atoms with Gasteiger partial charge >= 0.3 is 17.3 Å². The molecule has 0 bridgehead atoms. The molecule has 4 aromatic heterocycles. The number of aromatic amines is 2. The van der Waals surface area contributed by atoms with Crippen LogP contribution in [0, 0.1) is 0 Å². The summed E-state index contributed by atoms with van der Waals surface area (Å²) in [7, 11) is 3.09. The van der Waals surface area contributed by atoms with E-state index in [0.29, 0.717) is 5.82 Å². The molecule has 4 aromatic rings. The largest absolute Gasteiger partial charge is 0.480 e. The predicted molar refractivity (Wildman–Crippen MR) is 172 cm³/mol. The highest BCUT2D eigenvalue weighted by Gasteiger charge is 2.26. The number of carboxylic acid groups (broad SMARTS) is 1. The zero-order chi connectivity index (χ0) is 33.7. The van der Waals surface area contributed by atoms with Crippen LogP contribution in [0.15, 0.2) is 30.2 Å². The lowest BCUT2D eigenvalue weighted by Gasteiger charge is -2.29. The van der Waals surface area contributed by atoms with Gasteiger partial charge in [-0.05, 0) is 12.8 Å². The van der Waals surface area contributed by atoms with Gasteiger partial charge in [0.1, 0.15) is 34.3 Å². The number of pyridine rings is 1. The van der Waals surface area contributed by atoms with Crippen molar-refractivity contribution in [1.29, 1.82) is 0 Å². The third-order valence-corrected chi connectivity index (χ3v) is 7.25. The van der Waals surface area contributed by atoms with Gasteiger partial charge in [0, 0.05) is 52.9 Å². The van der Waals surface area contributed by atoms with Crippen molar-refractivity contribution in [1.82, 2.24) is 39.0 Å². The van der Waals surface area contributed by atoms with Crippen LogP contribution >= 0.6 is 0 Å². The van der Waals surface area contributed by atoms with E-state index in [9.17, 15) is 29.1 Å². The van der Waals surface area contributed by atoms with E-state index in [2.05, 4.69) is 40.5 Å². The molecule has 0 radical (unpaired) electrons. The summed E-state index contributed by atoms with van der Waals surface area (Å²) in [6, 6.07) is 0.376. The van der Waals surface area contributed by atoms with E-state index in [-0.39, 0.29) is 91.0 Å². The van der Waals surface area contributed by atoms with Crippen molar-refractivity contribution in [3.63, 3.8) is 0 Å². The summed E-state index contributed by atoms with van der Waals surface area (Å²) in [5.74, 6) is -1.54. The van der Waals surface area contributed by atoms with Gasteiger partial charge in [0.15, 0.2) is 11.6 Å². The first kappa shape index (κ1) is 32.9. The second-order valence-corrected chi connectivity index (χ2v) is 10.1. The maximum Gasteiger partial charge on any atom is 0.351 e. The van der Waals surface area contributed by atoms with Gasteiger partial charge in [-0.1, -0.05) is 0 Å². The van der Waals surface area contributed by atoms with Crippen molar-refractivity contribution in [2.75, 3.05) is 55.8 Å². The van der Waals surface area contributed by atoms with Crippen LogP contribution in [0.2, 0.25) is 0 Å². The molecule has 0 spiro atoms. The summed E-state index contributed by atoms with van der Waals surface area (Å²) in [6.45, 7) is -0.274. The number of aromatic nitrogens is 7. The molecule has 0 aliphatic heterocycles. The molecule has 246 valence electrons. The van der Waals surface area contributed by atoms with Gasteiger partial charge in [0.2, 0.25) is 5.95 Å². The quantitative estimate of drug-likeness (QED) is 0.0368. The first-order valence-corrected chi connectivity index (χ1v) is 14.0. The first-order valence-electron chi connectivity index (χ1n) is 14.0. The number of aliphatic imine (C=N–C) groups is 1. The molecule has 0 saturated carbocycles. The average Bonchev–Trinajstić information content (AvgIpc) is 2.98. The lowest BCUT2D eigenvalue weighted by molar-refractivity contribution is -0.143. The van der Waals surface area contributed by atoms with Gasteiger partial charge in [-0.2, -0.15) is 15.0 Å². The normalized spacial score (nSPS) is 12.0. The van der Waals surface area contributed by atoms with Crippen LogP contribution in [0.25, 0.3) is 21.9 Å². The molecule has 0 saturated heterocycles. The Bertz CT molecular complexity index is 1920. The van der Waals surface area contributed by atoms with Crippen LogP contribution < -0.4 is 56.1 Å². The van der Waals surface area contributed by atoms with Crippen molar-refractivity contribution < 1.29 is 9.90 Å². The zero-order valence-corrected chi connectivity index (χ0v) is 25.0. The Hall–Kier alpha value is -5.99. The number of hydrogen-bond donors (Lipinski definition) is 9. The number of anilines is 4. The van der Waals surface area contributed by atoms with Crippen molar-refractivity contribution in [3.05, 3.63) is 47.7 Å². The average molecular weight is 642 g/mol. The monoisotopic (exact) mass is 641 g/mol. The minimum absolute atomic E-state index is 0.0141. The number of nitrogen functional groups attached to an aromatic ring is 2. The molecule has 0 aromatic carbocycles. The Morgan fingerprint density at radius 3 is 2.17 bits per heavy atom. The first-order chi connectivity index (χ1) is 21.9. The van der Waals surface area contributed by atoms with E-state index in [1.165, 1.54) is 22.6 Å². The fourth-order valence-electron chi connectivity index (χ4n) is 5.03. The van der Waals surface area contributed by atoms with Crippen LogP contribution in [-0.4, -0.2) is 95.8 Å². The minimum Gasteiger partial charge on any atom is -0.480 e. The van der Waals surface area contributed by atoms with Crippen LogP contribution in [0.3, 0.4) is 0 Å². The van der Waals surface area contributed by atoms with Gasteiger partial charge < -0.3 is 43.7 Å². The van der Waals surface area contributed by atoms with E-state index in [0.717, 1.165) is 4.57 Å². The van der Waals surface area contributed by atoms with Crippen molar-refractivity contribution >= 4 is 57.3 Å². The summed E-state index contributed by atoms with van der Waals surface area (Å²) >= 11 is 0. The second-order valence-electron chi connectivity index (χ2n) is 10.1. The number of nitrogens with two attached hydrogens (primary N) is 4. The number of fused-ring (bicyclic) bond motifs is 2. The fourth-order valence-corrected chi connectivity index (χ4v) is 5.03. The minimum atomic E-state index is -1.19. The van der Waals surface area contributed by atoms with E-state index in [1.807, 2.05) is 0 Å². The number of rotatable bonds is 14. The van der Waals surface area contributed by atoms with Crippen molar-refractivity contribution in [2.45, 2.75) is 32.0 Å². The highest BCUT2D eigenvalue weighted by molar-refractivity contribution is 5.89. The van der Waals surface area contributed by atoms with Crippen molar-refractivity contribution in [2.24, 2.45) is 16.5 Å². The molecular weight excluding hydrogens is 606 g/mol. The molecule has 0 unspecified atom stereocenters. The predicted octanol–water partition coefficient (Wildman–Crippen LogP) is -3.37. The second kappa shape index (κ2) is 13.8. The Kier molecular flexibility index (Phi) is 9.84. The number of H-pyrrole nitrogens is 2. The molecule has 4 rings (SSSR count). The molecule has 0 aliphatic rings. The van der Waals surface area contributed by atoms with Crippen LogP contribution in [0.1, 0.15) is 12.8 Å². The standard InChI is InChI=1S/C25H35N15O6/c1-30-13-10-12-14(19(41)33-13)16(26)34-24(45)39(12)8-6-38(11(21(43)44)4-3-5-32-22(28)29)7-9-40-18-15(17(27)35-25(40)46)20(42)37-23(31-2)36-18/h10-11H,3-9H2,1-2H3,(H,43,44)(H2,26,34,45)(H2,27,35,46)(H4,28,29,32)(H2,30,33,41)(H2,31,36,37,42)/t11-/m0/s1.